The van der Waals surface area contributed by atoms with Crippen molar-refractivity contribution in [3.63, 3.8) is 0 Å². The van der Waals surface area contributed by atoms with Gasteiger partial charge in [-0.1, -0.05) is 13.8 Å². The van der Waals surface area contributed by atoms with E-state index < -0.39 is 19.3 Å². The highest BCUT2D eigenvalue weighted by molar-refractivity contribution is 6.72. The number of nitrogens with zero attached hydrogens (tertiary/aromatic N) is 1. The maximum atomic E-state index is 12.1. The van der Waals surface area contributed by atoms with E-state index >= 15 is 0 Å². The smallest absolute Gasteiger partial charge is 0.336 e. The molecule has 0 aliphatic heterocycles. The van der Waals surface area contributed by atoms with Crippen LogP contribution in [0, 0.1) is 0 Å². The maximum absolute atomic E-state index is 12.1. The van der Waals surface area contributed by atoms with Crippen LogP contribution in [0.25, 0.3) is 0 Å². The summed E-state index contributed by atoms with van der Waals surface area (Å²) in [6.07, 6.45) is 1.71. The minimum atomic E-state index is -2.51. The lowest BCUT2D eigenvalue weighted by molar-refractivity contribution is 0.0695. The van der Waals surface area contributed by atoms with Gasteiger partial charge in [-0.25, -0.2) is 4.79 Å². The van der Waals surface area contributed by atoms with Crippen LogP contribution < -0.4 is 5.56 Å². The summed E-state index contributed by atoms with van der Waals surface area (Å²) in [5, 5.41) is 8.70. The van der Waals surface area contributed by atoms with Gasteiger partial charge in [-0.2, -0.15) is 0 Å². The summed E-state index contributed by atoms with van der Waals surface area (Å²) in [7, 11) is -0.917. The lowest BCUT2D eigenvalue weighted by Crippen LogP contribution is -2.42. The number of pyridine rings is 1. The van der Waals surface area contributed by atoms with E-state index in [0.29, 0.717) is 0 Å². The first-order valence-electron chi connectivity index (χ1n) is 6.11. The molecule has 0 spiro atoms. The predicted octanol–water partition coefficient (Wildman–Crippen LogP) is 1.60. The van der Waals surface area contributed by atoms with Crippen molar-refractivity contribution in [2.45, 2.75) is 38.4 Å². The summed E-state index contributed by atoms with van der Waals surface area (Å²) in [6.45, 7) is 7.33. The number of hydrogen-bond acceptors (Lipinski definition) is 3. The Labute approximate surface area is 113 Å². The van der Waals surface area contributed by atoms with Crippen LogP contribution in [0.3, 0.4) is 0 Å². The van der Waals surface area contributed by atoms with Gasteiger partial charge in [0.1, 0.15) is 0 Å². The van der Waals surface area contributed by atoms with E-state index in [-0.39, 0.29) is 23.1 Å². The normalized spacial score (nSPS) is 12.5. The van der Waals surface area contributed by atoms with Crippen molar-refractivity contribution in [1.82, 2.24) is 4.57 Å². The molecule has 0 saturated carbocycles. The second-order valence-electron chi connectivity index (χ2n) is 6.05. The monoisotopic (exact) mass is 283 g/mol. The Morgan fingerprint density at radius 1 is 1.42 bits per heavy atom. The third-order valence-electron chi connectivity index (χ3n) is 3.87. The van der Waals surface area contributed by atoms with Crippen LogP contribution in [-0.2, 0) is 13.5 Å². The number of carboxylic acid groups (broad SMARTS) is 1. The first kappa shape index (κ1) is 15.7. The first-order valence-corrected chi connectivity index (χ1v) is 9.06. The van der Waals surface area contributed by atoms with Crippen LogP contribution in [0.15, 0.2) is 17.1 Å². The van der Waals surface area contributed by atoms with Gasteiger partial charge < -0.3 is 14.5 Å². The minimum Gasteiger partial charge on any atom is -0.478 e. The molecule has 1 rings (SSSR count). The summed E-state index contributed by atoms with van der Waals surface area (Å²) in [5.41, 5.74) is -0.0298. The Bertz CT molecular complexity index is 555. The molecule has 0 atom stereocenters. The Morgan fingerprint density at radius 3 is 2.37 bits per heavy atom. The molecule has 0 aliphatic rings. The molecule has 0 aliphatic carbocycles. The highest BCUT2D eigenvalue weighted by atomic mass is 28.4. The van der Waals surface area contributed by atoms with Gasteiger partial charge in [-0.15, -0.1) is 0 Å². The van der Waals surface area contributed by atoms with Crippen molar-refractivity contribution in [3.05, 3.63) is 33.7 Å². The fourth-order valence-electron chi connectivity index (χ4n) is 1.71. The van der Waals surface area contributed by atoms with Crippen molar-refractivity contribution >= 4 is 14.3 Å². The van der Waals surface area contributed by atoms with Crippen molar-refractivity contribution in [2.75, 3.05) is 0 Å². The van der Waals surface area contributed by atoms with E-state index in [0.717, 1.165) is 0 Å². The van der Waals surface area contributed by atoms with Gasteiger partial charge in [-0.3, -0.25) is 4.79 Å². The van der Waals surface area contributed by atoms with Crippen LogP contribution in [-0.4, -0.2) is 28.8 Å². The molecule has 0 unspecified atom stereocenters. The fraction of sp³-hybridized carbons (Fsp3) is 0.538. The average Bonchev–Trinajstić information content (AvgIpc) is 2.22. The van der Waals surface area contributed by atoms with E-state index in [9.17, 15) is 19.5 Å². The third-order valence-corrected chi connectivity index (χ3v) is 7.36. The molecule has 2 N–H and O–H groups in total. The SMILES string of the molecule is Cn1ccc(C(=O)O)c(CC(C)(C)[Si](C)(C)O)c1=O. The molecule has 0 aromatic carbocycles. The molecular formula is C13H21NO4Si. The zero-order valence-corrected chi connectivity index (χ0v) is 13.0. The average molecular weight is 283 g/mol. The quantitative estimate of drug-likeness (QED) is 0.823. The van der Waals surface area contributed by atoms with E-state index in [1.54, 1.807) is 20.1 Å². The number of hydrogen-bond donors (Lipinski definition) is 2. The Balaban J connectivity index is 3.39. The van der Waals surface area contributed by atoms with Crippen molar-refractivity contribution in [3.8, 4) is 0 Å². The van der Waals surface area contributed by atoms with Crippen LogP contribution in [0.4, 0.5) is 0 Å². The highest BCUT2D eigenvalue weighted by Gasteiger charge is 2.39. The molecule has 0 radical (unpaired) electrons. The van der Waals surface area contributed by atoms with E-state index in [4.69, 9.17) is 0 Å². The Hall–Kier alpha value is -1.40. The van der Waals surface area contributed by atoms with Gasteiger partial charge in [-0.05, 0) is 30.6 Å². The summed E-state index contributed by atoms with van der Waals surface area (Å²) < 4.78 is 1.36. The molecule has 6 heteroatoms. The van der Waals surface area contributed by atoms with Crippen LogP contribution in [0.5, 0.6) is 0 Å². The van der Waals surface area contributed by atoms with E-state index in [2.05, 4.69) is 0 Å². The largest absolute Gasteiger partial charge is 0.478 e. The van der Waals surface area contributed by atoms with Crippen molar-refractivity contribution < 1.29 is 14.7 Å². The molecule has 0 amide bonds. The van der Waals surface area contributed by atoms with Crippen LogP contribution in [0.2, 0.25) is 18.1 Å². The molecule has 1 aromatic rings. The Morgan fingerprint density at radius 2 is 1.95 bits per heavy atom. The number of rotatable bonds is 4. The van der Waals surface area contributed by atoms with Gasteiger partial charge in [0.05, 0.1) is 5.56 Å². The lowest BCUT2D eigenvalue weighted by atomic mass is 9.98. The standard InChI is InChI=1S/C13H21NO4Si/c1-13(2,19(4,5)18)8-10-9(12(16)17)6-7-14(3)11(10)15/h6-7,18H,8H2,1-5H3,(H,16,17). The topological polar surface area (TPSA) is 79.5 Å². The number of aromatic carboxylic acids is 1. The third kappa shape index (κ3) is 3.13. The molecule has 0 bridgehead atoms. The molecular weight excluding hydrogens is 262 g/mol. The van der Waals surface area contributed by atoms with Crippen LogP contribution >= 0.6 is 0 Å². The van der Waals surface area contributed by atoms with Gasteiger partial charge in [0.25, 0.3) is 5.56 Å². The van der Waals surface area contributed by atoms with Crippen molar-refractivity contribution in [1.29, 1.82) is 0 Å². The zero-order valence-electron chi connectivity index (χ0n) is 12.0. The van der Waals surface area contributed by atoms with E-state index in [1.807, 2.05) is 13.8 Å². The van der Waals surface area contributed by atoms with E-state index in [1.165, 1.54) is 16.8 Å². The summed E-state index contributed by atoms with van der Waals surface area (Å²) in [5.74, 6) is -1.11. The van der Waals surface area contributed by atoms with Gasteiger partial charge >= 0.3 is 5.97 Å². The second kappa shape index (κ2) is 4.94. The molecule has 1 aromatic heterocycles. The second-order valence-corrected chi connectivity index (χ2v) is 10.5. The molecule has 0 saturated heterocycles. The number of carbonyl (C=O) groups is 1. The molecule has 1 heterocycles. The maximum Gasteiger partial charge on any atom is 0.336 e. The van der Waals surface area contributed by atoms with Gasteiger partial charge in [0.15, 0.2) is 8.32 Å². The Kier molecular flexibility index (Phi) is 4.07. The first-order chi connectivity index (χ1) is 8.47. The minimum absolute atomic E-state index is 0.0226. The number of carboxylic acids is 1. The lowest BCUT2D eigenvalue weighted by Gasteiger charge is -2.35. The number of aromatic nitrogens is 1. The van der Waals surface area contributed by atoms with Crippen LogP contribution in [0.1, 0.15) is 29.8 Å². The number of aryl methyl sites for hydroxylation is 1. The van der Waals surface area contributed by atoms with Gasteiger partial charge in [0, 0.05) is 18.8 Å². The molecule has 19 heavy (non-hydrogen) atoms. The highest BCUT2D eigenvalue weighted by Crippen LogP contribution is 2.38. The molecule has 0 fully saturated rings. The van der Waals surface area contributed by atoms with Gasteiger partial charge in [0.2, 0.25) is 0 Å². The van der Waals surface area contributed by atoms with Crippen molar-refractivity contribution in [2.24, 2.45) is 7.05 Å². The predicted molar refractivity (Wildman–Crippen MR) is 76.1 cm³/mol. The molecule has 5 nitrogen and oxygen atoms in total. The zero-order chi connectivity index (χ0) is 15.0. The summed E-state index contributed by atoms with van der Waals surface area (Å²) in [4.78, 5) is 33.6. The summed E-state index contributed by atoms with van der Waals surface area (Å²) in [6, 6.07) is 1.43. The molecule has 106 valence electrons. The summed E-state index contributed by atoms with van der Waals surface area (Å²) >= 11 is 0. The fourth-order valence-corrected chi connectivity index (χ4v) is 2.32.